The second-order valence-corrected chi connectivity index (χ2v) is 5.39. The van der Waals surface area contributed by atoms with E-state index in [1.807, 2.05) is 0 Å². The van der Waals surface area contributed by atoms with E-state index in [2.05, 4.69) is 10.6 Å². The Bertz CT molecular complexity index is 800. The van der Waals surface area contributed by atoms with Crippen LogP contribution >= 0.6 is 23.2 Å². The van der Waals surface area contributed by atoms with Crippen LogP contribution in [0.5, 0.6) is 0 Å². The van der Waals surface area contributed by atoms with Gasteiger partial charge in [0, 0.05) is 16.4 Å². The summed E-state index contributed by atoms with van der Waals surface area (Å²) in [6.45, 7) is 0. The summed E-state index contributed by atoms with van der Waals surface area (Å²) in [6.07, 6.45) is -0.239. The predicted octanol–water partition coefficient (Wildman–Crippen LogP) is 4.10. The van der Waals surface area contributed by atoms with Gasteiger partial charge in [-0.05, 0) is 36.4 Å². The molecule has 2 rings (SSSR count). The van der Waals surface area contributed by atoms with Crippen LogP contribution in [0.25, 0.3) is 0 Å². The highest BCUT2D eigenvalue weighted by Crippen LogP contribution is 2.23. The minimum Gasteiger partial charge on any atom is -0.325 e. The molecule has 0 spiro atoms. The molecule has 2 aromatic rings. The lowest BCUT2D eigenvalue weighted by atomic mass is 10.2. The second kappa shape index (κ2) is 7.63. The second-order valence-electron chi connectivity index (χ2n) is 4.54. The monoisotopic (exact) mass is 347 g/mol. The maximum Gasteiger partial charge on any atom is 0.257 e. The molecule has 0 bridgehead atoms. The molecule has 0 aliphatic carbocycles. The first-order valence-electron chi connectivity index (χ1n) is 6.53. The van der Waals surface area contributed by atoms with Crippen molar-refractivity contribution in [3.63, 3.8) is 0 Å². The third-order valence-corrected chi connectivity index (χ3v) is 3.37. The van der Waals surface area contributed by atoms with Crippen molar-refractivity contribution >= 4 is 46.4 Å². The predicted molar refractivity (Wildman–Crippen MR) is 89.7 cm³/mol. The highest BCUT2D eigenvalue weighted by molar-refractivity contribution is 6.37. The molecule has 2 amide bonds. The normalized spacial score (nSPS) is 9.78. The van der Waals surface area contributed by atoms with Crippen LogP contribution in [0, 0.1) is 11.3 Å². The van der Waals surface area contributed by atoms with E-state index in [-0.39, 0.29) is 17.0 Å². The van der Waals surface area contributed by atoms with E-state index in [1.54, 1.807) is 36.4 Å². The van der Waals surface area contributed by atoms with Gasteiger partial charge in [0.1, 0.15) is 6.42 Å². The number of benzene rings is 2. The van der Waals surface area contributed by atoms with Gasteiger partial charge in [-0.15, -0.1) is 0 Å². The fourth-order valence-electron chi connectivity index (χ4n) is 1.82. The molecule has 0 radical (unpaired) electrons. The SMILES string of the molecule is N#CCC(=O)Nc1cccc(NC(=O)c2ccc(Cl)cc2Cl)c1. The van der Waals surface area contributed by atoms with Gasteiger partial charge in [-0.1, -0.05) is 29.3 Å². The number of rotatable bonds is 4. The van der Waals surface area contributed by atoms with Crippen LogP contribution in [0.3, 0.4) is 0 Å². The molecule has 2 aromatic carbocycles. The molecule has 7 heteroatoms. The van der Waals surface area contributed by atoms with Crippen molar-refractivity contribution in [3.8, 4) is 6.07 Å². The van der Waals surface area contributed by atoms with E-state index >= 15 is 0 Å². The summed E-state index contributed by atoms with van der Waals surface area (Å²) in [5, 5.41) is 14.4. The van der Waals surface area contributed by atoms with Crippen molar-refractivity contribution in [1.82, 2.24) is 0 Å². The molecule has 23 heavy (non-hydrogen) atoms. The quantitative estimate of drug-likeness (QED) is 0.873. The van der Waals surface area contributed by atoms with Crippen molar-refractivity contribution in [2.24, 2.45) is 0 Å². The summed E-state index contributed by atoms with van der Waals surface area (Å²) in [5.41, 5.74) is 1.25. The van der Waals surface area contributed by atoms with Crippen LogP contribution in [-0.4, -0.2) is 11.8 Å². The highest BCUT2D eigenvalue weighted by atomic mass is 35.5. The zero-order valence-electron chi connectivity index (χ0n) is 11.8. The van der Waals surface area contributed by atoms with Crippen molar-refractivity contribution in [2.75, 3.05) is 10.6 Å². The van der Waals surface area contributed by atoms with Crippen molar-refractivity contribution in [1.29, 1.82) is 5.26 Å². The Kier molecular flexibility index (Phi) is 5.58. The molecule has 2 N–H and O–H groups in total. The number of carbonyl (C=O) groups excluding carboxylic acids is 2. The molecule has 0 fully saturated rings. The standard InChI is InChI=1S/C16H11Cl2N3O2/c17-10-4-5-13(14(18)8-10)16(23)21-12-3-1-2-11(9-12)20-15(22)6-7-19/h1-5,8-9H,6H2,(H,20,22)(H,21,23). The van der Waals surface area contributed by atoms with E-state index in [9.17, 15) is 9.59 Å². The lowest BCUT2D eigenvalue weighted by molar-refractivity contribution is -0.115. The van der Waals surface area contributed by atoms with Gasteiger partial charge in [0.05, 0.1) is 16.7 Å². The smallest absolute Gasteiger partial charge is 0.257 e. The van der Waals surface area contributed by atoms with Gasteiger partial charge < -0.3 is 10.6 Å². The molecule has 0 saturated carbocycles. The van der Waals surface area contributed by atoms with Crippen LogP contribution in [0.2, 0.25) is 10.0 Å². The zero-order valence-corrected chi connectivity index (χ0v) is 13.3. The first kappa shape index (κ1) is 16.8. The lowest BCUT2D eigenvalue weighted by Crippen LogP contribution is -2.13. The third kappa shape index (κ3) is 4.71. The average Bonchev–Trinajstić information content (AvgIpc) is 2.47. The molecule has 116 valence electrons. The van der Waals surface area contributed by atoms with Crippen LogP contribution in [-0.2, 0) is 4.79 Å². The summed E-state index contributed by atoms with van der Waals surface area (Å²) < 4.78 is 0. The molecule has 0 heterocycles. The lowest BCUT2D eigenvalue weighted by Gasteiger charge is -2.09. The topological polar surface area (TPSA) is 82.0 Å². The zero-order chi connectivity index (χ0) is 16.8. The first-order chi connectivity index (χ1) is 11.0. The van der Waals surface area contributed by atoms with Gasteiger partial charge >= 0.3 is 0 Å². The van der Waals surface area contributed by atoms with E-state index in [1.165, 1.54) is 12.1 Å². The van der Waals surface area contributed by atoms with E-state index < -0.39 is 11.8 Å². The van der Waals surface area contributed by atoms with Gasteiger partial charge in [-0.25, -0.2) is 0 Å². The molecule has 0 aromatic heterocycles. The van der Waals surface area contributed by atoms with E-state index in [0.717, 1.165) is 0 Å². The summed E-state index contributed by atoms with van der Waals surface area (Å²) in [6, 6.07) is 12.9. The van der Waals surface area contributed by atoms with Crippen LogP contribution in [0.1, 0.15) is 16.8 Å². The number of hydrogen-bond acceptors (Lipinski definition) is 3. The molecule has 0 unspecified atom stereocenters. The van der Waals surface area contributed by atoms with Gasteiger partial charge in [0.2, 0.25) is 5.91 Å². The largest absolute Gasteiger partial charge is 0.325 e. The Morgan fingerprint density at radius 3 is 2.39 bits per heavy atom. The number of hydrogen-bond donors (Lipinski definition) is 2. The highest BCUT2D eigenvalue weighted by Gasteiger charge is 2.11. The van der Waals surface area contributed by atoms with Gasteiger partial charge in [0.15, 0.2) is 0 Å². The molecule has 5 nitrogen and oxygen atoms in total. The number of halogens is 2. The van der Waals surface area contributed by atoms with E-state index in [4.69, 9.17) is 28.5 Å². The molecule has 0 aliphatic rings. The number of amides is 2. The summed E-state index contributed by atoms with van der Waals surface area (Å²) >= 11 is 11.8. The summed E-state index contributed by atoms with van der Waals surface area (Å²) in [4.78, 5) is 23.6. The Balaban J connectivity index is 2.12. The Morgan fingerprint density at radius 1 is 1.04 bits per heavy atom. The average molecular weight is 348 g/mol. The third-order valence-electron chi connectivity index (χ3n) is 2.82. The van der Waals surface area contributed by atoms with Crippen LogP contribution in [0.15, 0.2) is 42.5 Å². The fraction of sp³-hybridized carbons (Fsp3) is 0.0625. The minimum absolute atomic E-state index is 0.239. The number of carbonyl (C=O) groups is 2. The number of nitriles is 1. The maximum absolute atomic E-state index is 12.2. The Hall–Kier alpha value is -2.55. The van der Waals surface area contributed by atoms with E-state index in [0.29, 0.717) is 16.4 Å². The molecular formula is C16H11Cl2N3O2. The van der Waals surface area contributed by atoms with Crippen molar-refractivity contribution in [2.45, 2.75) is 6.42 Å². The minimum atomic E-state index is -0.420. The number of anilines is 2. The fourth-order valence-corrected chi connectivity index (χ4v) is 2.32. The van der Waals surface area contributed by atoms with Crippen LogP contribution in [0.4, 0.5) is 11.4 Å². The van der Waals surface area contributed by atoms with Crippen molar-refractivity contribution in [3.05, 3.63) is 58.1 Å². The maximum atomic E-state index is 12.2. The summed E-state index contributed by atoms with van der Waals surface area (Å²) in [5.74, 6) is -0.816. The number of nitrogens with one attached hydrogen (secondary N) is 2. The Morgan fingerprint density at radius 2 is 1.74 bits per heavy atom. The van der Waals surface area contributed by atoms with Gasteiger partial charge in [-0.2, -0.15) is 5.26 Å². The molecular weight excluding hydrogens is 337 g/mol. The molecule has 0 saturated heterocycles. The number of nitrogens with zero attached hydrogens (tertiary/aromatic N) is 1. The molecule has 0 aliphatic heterocycles. The molecule has 0 atom stereocenters. The van der Waals surface area contributed by atoms with Crippen LogP contribution < -0.4 is 10.6 Å². The van der Waals surface area contributed by atoms with Gasteiger partial charge in [-0.3, -0.25) is 9.59 Å². The first-order valence-corrected chi connectivity index (χ1v) is 7.28. The van der Waals surface area contributed by atoms with Gasteiger partial charge in [0.25, 0.3) is 5.91 Å². The van der Waals surface area contributed by atoms with Crippen molar-refractivity contribution < 1.29 is 9.59 Å². The Labute approximate surface area is 142 Å². The summed E-state index contributed by atoms with van der Waals surface area (Å²) in [7, 11) is 0.